The van der Waals surface area contributed by atoms with Crippen molar-refractivity contribution in [3.63, 3.8) is 0 Å². The molecule has 2 amide bonds. The van der Waals surface area contributed by atoms with Crippen molar-refractivity contribution in [3.8, 4) is 11.8 Å². The van der Waals surface area contributed by atoms with Crippen molar-refractivity contribution >= 4 is 16.1 Å². The van der Waals surface area contributed by atoms with Crippen molar-refractivity contribution < 1.29 is 13.2 Å². The first-order valence-corrected chi connectivity index (χ1v) is 11.0. The van der Waals surface area contributed by atoms with Gasteiger partial charge >= 0.3 is 6.03 Å². The third kappa shape index (κ3) is 4.34. The summed E-state index contributed by atoms with van der Waals surface area (Å²) in [5.74, 6) is 7.45. The van der Waals surface area contributed by atoms with Gasteiger partial charge in [0.15, 0.2) is 0 Å². The molecule has 1 saturated heterocycles. The molecular weight excluding hydrogens is 378 g/mol. The van der Waals surface area contributed by atoms with Crippen molar-refractivity contribution in [1.82, 2.24) is 24.9 Å². The fourth-order valence-electron chi connectivity index (χ4n) is 3.34. The van der Waals surface area contributed by atoms with Crippen molar-refractivity contribution in [2.45, 2.75) is 37.6 Å². The molecule has 3 aliphatic rings. The van der Waals surface area contributed by atoms with E-state index in [1.54, 1.807) is 19.3 Å². The molecule has 1 atom stereocenters. The van der Waals surface area contributed by atoms with Crippen molar-refractivity contribution in [2.24, 2.45) is 0 Å². The molecule has 0 aromatic carbocycles. The minimum absolute atomic E-state index is 0.127. The van der Waals surface area contributed by atoms with E-state index >= 15 is 0 Å². The number of nitrogens with zero attached hydrogens (tertiary/aromatic N) is 3. The molecule has 1 aliphatic carbocycles. The molecule has 28 heavy (non-hydrogen) atoms. The van der Waals surface area contributed by atoms with Crippen molar-refractivity contribution in [1.29, 1.82) is 0 Å². The molecule has 0 bridgehead atoms. The van der Waals surface area contributed by atoms with E-state index in [1.165, 1.54) is 17.1 Å². The normalized spacial score (nSPS) is 25.3. The van der Waals surface area contributed by atoms with Gasteiger partial charge in [-0.25, -0.2) is 23.2 Å². The smallest absolute Gasteiger partial charge is 0.315 e. The highest BCUT2D eigenvalue weighted by atomic mass is 32.2. The highest BCUT2D eigenvalue weighted by Crippen LogP contribution is 2.37. The lowest BCUT2D eigenvalue weighted by Gasteiger charge is -2.29. The van der Waals surface area contributed by atoms with Gasteiger partial charge in [-0.15, -0.1) is 0 Å². The second kappa shape index (κ2) is 7.18. The van der Waals surface area contributed by atoms with Gasteiger partial charge in [-0.2, -0.15) is 4.31 Å². The van der Waals surface area contributed by atoms with Crippen LogP contribution in [0.15, 0.2) is 24.0 Å². The lowest BCUT2D eigenvalue weighted by atomic mass is 10.1. The molecular formula is C19H23N5O3S. The summed E-state index contributed by atoms with van der Waals surface area (Å²) in [6.07, 6.45) is 8.24. The molecule has 3 heterocycles. The molecule has 1 aromatic heterocycles. The summed E-state index contributed by atoms with van der Waals surface area (Å²) < 4.78 is 26.8. The Hall–Kier alpha value is -2.44. The maximum Gasteiger partial charge on any atom is 0.315 e. The molecule has 2 N–H and O–H groups in total. The summed E-state index contributed by atoms with van der Waals surface area (Å²) >= 11 is 0. The molecule has 8 nitrogen and oxygen atoms in total. The number of rotatable bonds is 4. The van der Waals surface area contributed by atoms with E-state index < -0.39 is 15.6 Å². The molecule has 148 valence electrons. The highest BCUT2D eigenvalue weighted by molar-refractivity contribution is 7.89. The Bertz CT molecular complexity index is 973. The number of urea groups is 1. The van der Waals surface area contributed by atoms with E-state index in [9.17, 15) is 13.2 Å². The van der Waals surface area contributed by atoms with Gasteiger partial charge < -0.3 is 10.6 Å². The first-order valence-electron chi connectivity index (χ1n) is 9.40. The van der Waals surface area contributed by atoms with Crippen LogP contribution in [0.25, 0.3) is 0 Å². The number of hydrogen-bond donors (Lipinski definition) is 2. The van der Waals surface area contributed by atoms with E-state index in [-0.39, 0.29) is 11.8 Å². The summed E-state index contributed by atoms with van der Waals surface area (Å²) in [5.41, 5.74) is 0.893. The Morgan fingerprint density at radius 2 is 2.04 bits per heavy atom. The summed E-state index contributed by atoms with van der Waals surface area (Å²) in [4.78, 5) is 20.1. The van der Waals surface area contributed by atoms with Crippen LogP contribution in [-0.2, 0) is 10.0 Å². The summed E-state index contributed by atoms with van der Waals surface area (Å²) in [6.45, 7) is 2.71. The van der Waals surface area contributed by atoms with Crippen LogP contribution in [0.3, 0.4) is 0 Å². The minimum Gasteiger partial charge on any atom is -0.336 e. The Labute approximate surface area is 164 Å². The monoisotopic (exact) mass is 401 g/mol. The van der Waals surface area contributed by atoms with Gasteiger partial charge in [-0.05, 0) is 26.2 Å². The van der Waals surface area contributed by atoms with Gasteiger partial charge in [0.05, 0.1) is 16.9 Å². The van der Waals surface area contributed by atoms with Crippen LogP contribution < -0.4 is 10.6 Å². The van der Waals surface area contributed by atoms with Crippen LogP contribution in [0.1, 0.15) is 43.5 Å². The van der Waals surface area contributed by atoms with Gasteiger partial charge in [0.25, 0.3) is 0 Å². The molecule has 1 aromatic rings. The number of carbonyl (C=O) groups is 1. The number of aromatic nitrogens is 2. The fraction of sp³-hybridized carbons (Fsp3) is 0.526. The van der Waals surface area contributed by atoms with Gasteiger partial charge in [0, 0.05) is 43.5 Å². The number of nitrogens with one attached hydrogen (secondary N) is 2. The van der Waals surface area contributed by atoms with Gasteiger partial charge in [-0.3, -0.25) is 0 Å². The number of hydrogen-bond acceptors (Lipinski definition) is 5. The minimum atomic E-state index is -3.48. The van der Waals surface area contributed by atoms with E-state index in [1.807, 2.05) is 6.08 Å². The third-order valence-electron chi connectivity index (χ3n) is 5.10. The van der Waals surface area contributed by atoms with Crippen molar-refractivity contribution in [3.05, 3.63) is 35.4 Å². The Kier molecular flexibility index (Phi) is 4.85. The zero-order valence-corrected chi connectivity index (χ0v) is 16.6. The molecule has 2 aliphatic heterocycles. The van der Waals surface area contributed by atoms with E-state index in [4.69, 9.17) is 0 Å². The SMILES string of the molecule is C[C@@]1(CS(=O)(=O)N2CC=C(C#Cc3cnc(C4CC4)nc3)CC2)CNC(=O)N1. The third-order valence-corrected chi connectivity index (χ3v) is 7.22. The molecule has 9 heteroatoms. The largest absolute Gasteiger partial charge is 0.336 e. The predicted octanol–water partition coefficient (Wildman–Crippen LogP) is 0.739. The van der Waals surface area contributed by atoms with Gasteiger partial charge in [0.2, 0.25) is 10.0 Å². The molecule has 4 rings (SSSR count). The maximum absolute atomic E-state index is 12.7. The van der Waals surface area contributed by atoms with E-state index in [0.29, 0.717) is 32.0 Å². The van der Waals surface area contributed by atoms with E-state index in [2.05, 4.69) is 32.4 Å². The molecule has 2 fully saturated rings. The molecule has 1 saturated carbocycles. The Morgan fingerprint density at radius 3 is 2.61 bits per heavy atom. The molecule has 0 unspecified atom stereocenters. The van der Waals surface area contributed by atoms with Crippen molar-refractivity contribution in [2.75, 3.05) is 25.4 Å². The Morgan fingerprint density at radius 1 is 1.29 bits per heavy atom. The average molecular weight is 401 g/mol. The summed E-state index contributed by atoms with van der Waals surface area (Å²) in [6, 6.07) is -0.331. The number of carbonyl (C=O) groups excluding carboxylic acids is 1. The second-order valence-corrected chi connectivity index (χ2v) is 9.79. The van der Waals surface area contributed by atoms with Crippen LogP contribution >= 0.6 is 0 Å². The Balaban J connectivity index is 1.37. The molecule has 0 radical (unpaired) electrons. The van der Waals surface area contributed by atoms with Gasteiger partial charge in [0.1, 0.15) is 5.82 Å². The predicted molar refractivity (Wildman–Crippen MR) is 104 cm³/mol. The van der Waals surface area contributed by atoms with Crippen LogP contribution in [0.5, 0.6) is 0 Å². The number of amides is 2. The second-order valence-electron chi connectivity index (χ2n) is 7.82. The fourth-order valence-corrected chi connectivity index (χ4v) is 5.18. The lowest BCUT2D eigenvalue weighted by Crippen LogP contribution is -2.50. The zero-order valence-electron chi connectivity index (χ0n) is 15.7. The quantitative estimate of drug-likeness (QED) is 0.724. The first kappa shape index (κ1) is 18.9. The summed E-state index contributed by atoms with van der Waals surface area (Å²) in [7, 11) is -3.48. The first-order chi connectivity index (χ1) is 13.3. The van der Waals surface area contributed by atoms with Crippen LogP contribution in [0, 0.1) is 11.8 Å². The maximum atomic E-state index is 12.7. The van der Waals surface area contributed by atoms with Crippen LogP contribution in [-0.4, -0.2) is 59.6 Å². The van der Waals surface area contributed by atoms with Crippen LogP contribution in [0.4, 0.5) is 4.79 Å². The van der Waals surface area contributed by atoms with E-state index in [0.717, 1.165) is 17.0 Å². The topological polar surface area (TPSA) is 104 Å². The zero-order chi connectivity index (χ0) is 19.8. The van der Waals surface area contributed by atoms with Crippen LogP contribution in [0.2, 0.25) is 0 Å². The lowest BCUT2D eigenvalue weighted by molar-refractivity contribution is 0.246. The van der Waals surface area contributed by atoms with Gasteiger partial charge in [-0.1, -0.05) is 17.9 Å². The summed E-state index contributed by atoms with van der Waals surface area (Å²) in [5, 5.41) is 5.30. The number of sulfonamides is 1. The molecule has 0 spiro atoms. The highest BCUT2D eigenvalue weighted by Gasteiger charge is 2.39. The average Bonchev–Trinajstić information content (AvgIpc) is 3.45. The standard InChI is InChI=1S/C19H23N5O3S/c1-19(12-22-18(25)23-19)13-28(26,27)24-8-6-14(7-9-24)2-3-15-10-20-17(21-11-15)16-4-5-16/h6,10-11,16H,4-5,7-9,12-13H2,1H3,(H2,22,23,25)/t19-/m0/s1.